The van der Waals surface area contributed by atoms with Crippen LogP contribution in [0.15, 0.2) is 34.9 Å². The van der Waals surface area contributed by atoms with Crippen LogP contribution in [-0.2, 0) is 4.74 Å². The molecule has 2 N–H and O–H groups in total. The SMILES string of the molecule is CC12CCN(CC1)c1cc(NSCCO)ccc1-c1nnc(o1)-c1ccnc(n1)N1CCCC(CCCO2)C1. The molecular weight excluding hydrogens is 514 g/mol. The number of aliphatic hydroxyl groups excluding tert-OH is 1. The minimum absolute atomic E-state index is 0.115. The summed E-state index contributed by atoms with van der Waals surface area (Å²) in [5.41, 5.74) is 3.43. The van der Waals surface area contributed by atoms with Crippen LogP contribution < -0.4 is 14.5 Å². The van der Waals surface area contributed by atoms with Crippen molar-refractivity contribution in [2.24, 2.45) is 5.92 Å². The Morgan fingerprint density at radius 1 is 1.08 bits per heavy atom. The Balaban J connectivity index is 1.36. The molecule has 2 saturated heterocycles. The number of nitrogens with zero attached hydrogens (tertiary/aromatic N) is 6. The third kappa shape index (κ3) is 6.00. The molecule has 39 heavy (non-hydrogen) atoms. The van der Waals surface area contributed by atoms with Crippen LogP contribution in [0.3, 0.4) is 0 Å². The van der Waals surface area contributed by atoms with Crippen molar-refractivity contribution >= 4 is 29.3 Å². The molecule has 6 heterocycles. The van der Waals surface area contributed by atoms with Gasteiger partial charge >= 0.3 is 0 Å². The van der Waals surface area contributed by atoms with Gasteiger partial charge in [-0.2, -0.15) is 0 Å². The standard InChI is InChI=1S/C28H37N7O3S/c1-28-9-13-34(14-10-28)24-18-21(33-39-17-15-36)6-7-22(24)25-31-32-26(38-25)23-8-11-29-27(30-23)35-12-2-4-20(19-35)5-3-16-37-28/h6-8,11,18,20,33,36H,2-5,9-10,12-17,19H2,1H3. The summed E-state index contributed by atoms with van der Waals surface area (Å²) in [4.78, 5) is 14.1. The zero-order chi connectivity index (χ0) is 26.7. The predicted octanol–water partition coefficient (Wildman–Crippen LogP) is 4.63. The Kier molecular flexibility index (Phi) is 7.90. The molecule has 0 spiro atoms. The first-order valence-corrected chi connectivity index (χ1v) is 15.0. The van der Waals surface area contributed by atoms with E-state index in [4.69, 9.17) is 14.1 Å². The molecule has 10 nitrogen and oxygen atoms in total. The van der Waals surface area contributed by atoms with Crippen molar-refractivity contribution in [3.63, 3.8) is 0 Å². The molecule has 1 unspecified atom stereocenters. The van der Waals surface area contributed by atoms with Crippen molar-refractivity contribution in [2.45, 2.75) is 51.0 Å². The Morgan fingerprint density at radius 2 is 1.92 bits per heavy atom. The molecule has 4 aliphatic rings. The second-order valence-electron chi connectivity index (χ2n) is 10.9. The minimum Gasteiger partial charge on any atom is -0.415 e. The smallest absolute Gasteiger partial charge is 0.266 e. The third-order valence-electron chi connectivity index (χ3n) is 8.07. The summed E-state index contributed by atoms with van der Waals surface area (Å²) in [7, 11) is 0. The van der Waals surface area contributed by atoms with Gasteiger partial charge in [-0.05, 0) is 75.6 Å². The van der Waals surface area contributed by atoms with Crippen LogP contribution in [0.2, 0.25) is 0 Å². The fraction of sp³-hybridized carbons (Fsp3) is 0.571. The Hall–Kier alpha value is -2.89. The van der Waals surface area contributed by atoms with E-state index < -0.39 is 0 Å². The Bertz CT molecular complexity index is 1260. The van der Waals surface area contributed by atoms with Gasteiger partial charge in [-0.15, -0.1) is 10.2 Å². The maximum atomic E-state index is 9.18. The van der Waals surface area contributed by atoms with E-state index in [2.05, 4.69) is 42.7 Å². The summed E-state index contributed by atoms with van der Waals surface area (Å²) in [6.07, 6.45) is 8.30. The van der Waals surface area contributed by atoms with E-state index in [1.807, 2.05) is 18.2 Å². The fourth-order valence-electron chi connectivity index (χ4n) is 5.81. The van der Waals surface area contributed by atoms with Crippen molar-refractivity contribution in [3.8, 4) is 23.0 Å². The lowest BCUT2D eigenvalue weighted by Crippen LogP contribution is -2.44. The highest BCUT2D eigenvalue weighted by molar-refractivity contribution is 8.00. The summed E-state index contributed by atoms with van der Waals surface area (Å²) in [5, 5.41) is 18.0. The number of hydrogen-bond donors (Lipinski definition) is 2. The average molecular weight is 552 g/mol. The monoisotopic (exact) mass is 551 g/mol. The number of benzene rings is 1. The molecule has 2 fully saturated rings. The number of aliphatic hydroxyl groups is 1. The zero-order valence-corrected chi connectivity index (χ0v) is 23.3. The number of rotatable bonds is 4. The van der Waals surface area contributed by atoms with Crippen LogP contribution in [0.4, 0.5) is 17.3 Å². The summed E-state index contributed by atoms with van der Waals surface area (Å²) in [6.45, 7) is 6.87. The van der Waals surface area contributed by atoms with Gasteiger partial charge in [-0.25, -0.2) is 9.97 Å². The first kappa shape index (κ1) is 26.3. The molecular formula is C28H37N7O3S. The Labute approximate surface area is 233 Å². The Morgan fingerprint density at radius 3 is 2.79 bits per heavy atom. The lowest BCUT2D eigenvalue weighted by molar-refractivity contribution is -0.0500. The number of fused-ring (bicyclic) bond motifs is 5. The zero-order valence-electron chi connectivity index (χ0n) is 22.5. The molecule has 8 bridgehead atoms. The summed E-state index contributed by atoms with van der Waals surface area (Å²) in [6, 6.07) is 8.00. The number of aromatic nitrogens is 4. The van der Waals surface area contributed by atoms with Gasteiger partial charge in [0.1, 0.15) is 5.69 Å². The number of piperidine rings is 2. The van der Waals surface area contributed by atoms with Crippen molar-refractivity contribution in [1.82, 2.24) is 20.2 Å². The largest absolute Gasteiger partial charge is 0.415 e. The molecule has 0 saturated carbocycles. The molecule has 4 aliphatic heterocycles. The number of hydrogen-bond acceptors (Lipinski definition) is 11. The number of ether oxygens (including phenoxy) is 1. The summed E-state index contributed by atoms with van der Waals surface area (Å²) >= 11 is 1.48. The van der Waals surface area contributed by atoms with Crippen LogP contribution in [0.5, 0.6) is 0 Å². The van der Waals surface area contributed by atoms with Gasteiger partial charge in [-0.3, -0.25) is 0 Å². The van der Waals surface area contributed by atoms with Crippen LogP contribution in [-0.4, -0.2) is 76.0 Å². The number of nitrogens with one attached hydrogen (secondary N) is 1. The topological polar surface area (TPSA) is 113 Å². The second kappa shape index (κ2) is 11.7. The molecule has 3 aromatic rings. The molecule has 11 heteroatoms. The van der Waals surface area contributed by atoms with E-state index in [9.17, 15) is 5.11 Å². The first-order valence-electron chi connectivity index (χ1n) is 14.0. The normalized spacial score (nSPS) is 23.5. The van der Waals surface area contributed by atoms with E-state index in [1.54, 1.807) is 6.20 Å². The van der Waals surface area contributed by atoms with Crippen LogP contribution in [0, 0.1) is 5.92 Å². The molecule has 0 amide bonds. The molecule has 1 atom stereocenters. The van der Waals surface area contributed by atoms with Crippen LogP contribution >= 0.6 is 11.9 Å². The number of anilines is 3. The average Bonchev–Trinajstić information content (AvgIpc) is 3.46. The van der Waals surface area contributed by atoms with Gasteiger partial charge in [0.2, 0.25) is 11.8 Å². The van der Waals surface area contributed by atoms with Gasteiger partial charge < -0.3 is 28.8 Å². The van der Waals surface area contributed by atoms with Gasteiger partial charge in [0.15, 0.2) is 0 Å². The molecule has 0 radical (unpaired) electrons. The third-order valence-corrected chi connectivity index (χ3v) is 8.84. The van der Waals surface area contributed by atoms with E-state index in [1.165, 1.54) is 18.4 Å². The van der Waals surface area contributed by atoms with E-state index in [0.717, 1.165) is 87.8 Å². The molecule has 0 aliphatic carbocycles. The van der Waals surface area contributed by atoms with Crippen molar-refractivity contribution < 1.29 is 14.3 Å². The van der Waals surface area contributed by atoms with Crippen molar-refractivity contribution in [2.75, 3.05) is 59.7 Å². The summed E-state index contributed by atoms with van der Waals surface area (Å²) in [5.74, 6) is 2.82. The quantitative estimate of drug-likeness (QED) is 0.349. The lowest BCUT2D eigenvalue weighted by atomic mass is 9.92. The fourth-order valence-corrected chi connectivity index (χ4v) is 6.30. The second-order valence-corrected chi connectivity index (χ2v) is 11.8. The lowest BCUT2D eigenvalue weighted by Gasteiger charge is -2.41. The van der Waals surface area contributed by atoms with E-state index in [0.29, 0.717) is 29.1 Å². The predicted molar refractivity (Wildman–Crippen MR) is 154 cm³/mol. The van der Waals surface area contributed by atoms with Gasteiger partial charge in [0.05, 0.1) is 23.5 Å². The van der Waals surface area contributed by atoms with Crippen molar-refractivity contribution in [1.29, 1.82) is 0 Å². The summed E-state index contributed by atoms with van der Waals surface area (Å²) < 4.78 is 16.1. The van der Waals surface area contributed by atoms with Gasteiger partial charge in [0.25, 0.3) is 5.89 Å². The van der Waals surface area contributed by atoms with Crippen LogP contribution in [0.25, 0.3) is 23.0 Å². The van der Waals surface area contributed by atoms with Gasteiger partial charge in [-0.1, -0.05) is 11.9 Å². The maximum absolute atomic E-state index is 9.18. The van der Waals surface area contributed by atoms with E-state index >= 15 is 0 Å². The molecule has 7 rings (SSSR count). The van der Waals surface area contributed by atoms with E-state index in [-0.39, 0.29) is 12.2 Å². The highest BCUT2D eigenvalue weighted by Gasteiger charge is 2.33. The van der Waals surface area contributed by atoms with Crippen molar-refractivity contribution in [3.05, 3.63) is 30.5 Å². The molecule has 2 aromatic heterocycles. The van der Waals surface area contributed by atoms with Gasteiger partial charge in [0, 0.05) is 50.4 Å². The minimum atomic E-state index is -0.115. The molecule has 1 aromatic carbocycles. The van der Waals surface area contributed by atoms with Crippen LogP contribution in [0.1, 0.15) is 45.4 Å². The first-order chi connectivity index (χ1) is 19.1. The maximum Gasteiger partial charge on any atom is 0.266 e. The highest BCUT2D eigenvalue weighted by Crippen LogP contribution is 2.38. The highest BCUT2D eigenvalue weighted by atomic mass is 32.2. The molecule has 208 valence electrons.